The summed E-state index contributed by atoms with van der Waals surface area (Å²) in [5, 5.41) is 0. The molecule has 0 spiro atoms. The van der Waals surface area contributed by atoms with Gasteiger partial charge in [-0.15, -0.1) is 0 Å². The number of Topliss-reactive ketones (excluding diaryl/α,β-unsaturated/α-hetero) is 1. The molecule has 0 atom stereocenters. The van der Waals surface area contributed by atoms with Crippen molar-refractivity contribution in [3.63, 3.8) is 0 Å². The van der Waals surface area contributed by atoms with Crippen LogP contribution in [-0.4, -0.2) is 45.9 Å². The number of carbonyl (C=O) groups excluding carboxylic acids is 1. The molecule has 5 heterocycles. The maximum Gasteiger partial charge on any atom is 0.176 e. The minimum absolute atomic E-state index is 0.0508. The van der Waals surface area contributed by atoms with Gasteiger partial charge in [0, 0.05) is 49.9 Å². The number of imidazole rings is 1. The lowest BCUT2D eigenvalue weighted by Gasteiger charge is -2.29. The van der Waals surface area contributed by atoms with Crippen LogP contribution in [0.3, 0.4) is 0 Å². The number of ether oxygens (including phenoxy) is 1. The van der Waals surface area contributed by atoms with Crippen LogP contribution in [0, 0.1) is 6.92 Å². The summed E-state index contributed by atoms with van der Waals surface area (Å²) in [5.41, 5.74) is 6.98. The molecule has 0 aliphatic carbocycles. The van der Waals surface area contributed by atoms with Crippen molar-refractivity contribution in [3.05, 3.63) is 60.2 Å². The maximum atomic E-state index is 12.3. The SMILES string of the molecule is CC(=O)c1cc(-c2cc(C)cc3nccn23)c2cc(N3CCOCC3)ccn12. The van der Waals surface area contributed by atoms with Crippen molar-refractivity contribution in [2.24, 2.45) is 0 Å². The Bertz CT molecular complexity index is 1200. The van der Waals surface area contributed by atoms with Crippen LogP contribution in [0.5, 0.6) is 0 Å². The molecule has 1 aliphatic rings. The van der Waals surface area contributed by atoms with E-state index in [-0.39, 0.29) is 5.78 Å². The molecule has 4 aromatic rings. The van der Waals surface area contributed by atoms with Crippen LogP contribution in [0.2, 0.25) is 0 Å². The number of aromatic nitrogens is 3. The summed E-state index contributed by atoms with van der Waals surface area (Å²) in [6, 6.07) is 10.5. The summed E-state index contributed by atoms with van der Waals surface area (Å²) in [6.07, 6.45) is 5.77. The lowest BCUT2D eigenvalue weighted by Crippen LogP contribution is -2.36. The van der Waals surface area contributed by atoms with E-state index in [9.17, 15) is 4.79 Å². The minimum Gasteiger partial charge on any atom is -0.378 e. The molecule has 0 bridgehead atoms. The Kier molecular flexibility index (Phi) is 3.94. The van der Waals surface area contributed by atoms with Crippen LogP contribution in [0.15, 0.2) is 48.9 Å². The van der Waals surface area contributed by atoms with Crippen LogP contribution in [0.1, 0.15) is 23.0 Å². The molecule has 4 aromatic heterocycles. The maximum absolute atomic E-state index is 12.3. The molecule has 28 heavy (non-hydrogen) atoms. The third-order valence-corrected chi connectivity index (χ3v) is 5.42. The van der Waals surface area contributed by atoms with E-state index in [2.05, 4.69) is 45.5 Å². The van der Waals surface area contributed by atoms with Crippen molar-refractivity contribution in [2.45, 2.75) is 13.8 Å². The predicted octanol–water partition coefficient (Wildman–Crippen LogP) is 3.60. The Labute approximate surface area is 163 Å². The smallest absolute Gasteiger partial charge is 0.176 e. The highest BCUT2D eigenvalue weighted by molar-refractivity contribution is 5.98. The van der Waals surface area contributed by atoms with Crippen molar-refractivity contribution < 1.29 is 9.53 Å². The zero-order valence-corrected chi connectivity index (χ0v) is 16.1. The molecular formula is C22H22N4O2. The summed E-state index contributed by atoms with van der Waals surface area (Å²) in [5.74, 6) is 0.0508. The average Bonchev–Trinajstić information content (AvgIpc) is 3.32. The molecule has 6 heteroatoms. The first kappa shape index (κ1) is 17.0. The number of fused-ring (bicyclic) bond motifs is 2. The fourth-order valence-electron chi connectivity index (χ4n) is 4.04. The fourth-order valence-corrected chi connectivity index (χ4v) is 4.04. The number of morpholine rings is 1. The first-order valence-electron chi connectivity index (χ1n) is 9.54. The van der Waals surface area contributed by atoms with Crippen molar-refractivity contribution in [3.8, 4) is 11.3 Å². The Morgan fingerprint density at radius 1 is 1.07 bits per heavy atom. The second-order valence-corrected chi connectivity index (χ2v) is 7.31. The monoisotopic (exact) mass is 374 g/mol. The van der Waals surface area contributed by atoms with Crippen LogP contribution < -0.4 is 4.90 Å². The first-order valence-corrected chi connectivity index (χ1v) is 9.54. The minimum atomic E-state index is 0.0508. The van der Waals surface area contributed by atoms with Gasteiger partial charge in [-0.1, -0.05) is 0 Å². The Morgan fingerprint density at radius 2 is 1.89 bits per heavy atom. The van der Waals surface area contributed by atoms with Crippen molar-refractivity contribution in [2.75, 3.05) is 31.2 Å². The Hall–Kier alpha value is -3.12. The largest absolute Gasteiger partial charge is 0.378 e. The van der Waals surface area contributed by atoms with Crippen LogP contribution >= 0.6 is 0 Å². The van der Waals surface area contributed by atoms with Gasteiger partial charge in [-0.25, -0.2) is 4.98 Å². The van der Waals surface area contributed by atoms with Gasteiger partial charge in [0.15, 0.2) is 5.78 Å². The Morgan fingerprint density at radius 3 is 2.68 bits per heavy atom. The fraction of sp³-hybridized carbons (Fsp3) is 0.273. The van der Waals surface area contributed by atoms with Gasteiger partial charge in [-0.2, -0.15) is 0 Å². The molecule has 1 fully saturated rings. The number of pyridine rings is 2. The zero-order chi connectivity index (χ0) is 19.3. The van der Waals surface area contributed by atoms with Crippen LogP contribution in [0.25, 0.3) is 22.4 Å². The van der Waals surface area contributed by atoms with Crippen molar-refractivity contribution >= 4 is 22.6 Å². The number of ketones is 1. The number of hydrogen-bond acceptors (Lipinski definition) is 4. The molecule has 0 saturated carbocycles. The molecule has 0 radical (unpaired) electrons. The van der Waals surface area contributed by atoms with E-state index in [0.717, 1.165) is 60.0 Å². The van der Waals surface area contributed by atoms with E-state index in [1.807, 2.05) is 29.1 Å². The molecule has 5 rings (SSSR count). The van der Waals surface area contributed by atoms with Gasteiger partial charge in [0.1, 0.15) is 5.65 Å². The number of carbonyl (C=O) groups is 1. The highest BCUT2D eigenvalue weighted by Gasteiger charge is 2.18. The van der Waals surface area contributed by atoms with Gasteiger partial charge >= 0.3 is 0 Å². The van der Waals surface area contributed by atoms with Gasteiger partial charge in [0.25, 0.3) is 0 Å². The third kappa shape index (κ3) is 2.68. The molecule has 0 N–H and O–H groups in total. The molecule has 0 amide bonds. The van der Waals surface area contributed by atoms with Crippen LogP contribution in [-0.2, 0) is 4.74 Å². The van der Waals surface area contributed by atoms with Gasteiger partial charge < -0.3 is 14.0 Å². The van der Waals surface area contributed by atoms with Gasteiger partial charge in [0.2, 0.25) is 0 Å². The molecule has 1 saturated heterocycles. The van der Waals surface area contributed by atoms with Crippen LogP contribution in [0.4, 0.5) is 5.69 Å². The van der Waals surface area contributed by atoms with E-state index >= 15 is 0 Å². The number of nitrogens with zero attached hydrogens (tertiary/aromatic N) is 4. The third-order valence-electron chi connectivity index (χ3n) is 5.42. The molecule has 1 aliphatic heterocycles. The highest BCUT2D eigenvalue weighted by Crippen LogP contribution is 2.32. The van der Waals surface area contributed by atoms with Gasteiger partial charge in [0.05, 0.1) is 30.1 Å². The lowest BCUT2D eigenvalue weighted by molar-refractivity contribution is 0.101. The number of anilines is 1. The Balaban J connectivity index is 1.77. The zero-order valence-electron chi connectivity index (χ0n) is 16.1. The summed E-state index contributed by atoms with van der Waals surface area (Å²) in [6.45, 7) is 6.92. The number of aryl methyl sites for hydroxylation is 1. The van der Waals surface area contributed by atoms with E-state index in [0.29, 0.717) is 5.69 Å². The lowest BCUT2D eigenvalue weighted by atomic mass is 10.1. The van der Waals surface area contributed by atoms with E-state index < -0.39 is 0 Å². The molecule has 142 valence electrons. The van der Waals surface area contributed by atoms with Crippen molar-refractivity contribution in [1.29, 1.82) is 0 Å². The standard InChI is InChI=1S/C22H22N4O2/c1-15-11-20(26-6-4-23-22(26)12-15)18-14-19(16(2)27)25-5-3-17(13-21(18)25)24-7-9-28-10-8-24/h3-6,11-14H,7-10H2,1-2H3. The van der Waals surface area contributed by atoms with E-state index in [1.165, 1.54) is 0 Å². The van der Waals surface area contributed by atoms with Crippen molar-refractivity contribution in [1.82, 2.24) is 13.8 Å². The molecule has 6 nitrogen and oxygen atoms in total. The normalized spacial score (nSPS) is 14.9. The van der Waals surface area contributed by atoms with Gasteiger partial charge in [-0.05, 0) is 42.8 Å². The summed E-state index contributed by atoms with van der Waals surface area (Å²) in [4.78, 5) is 19.1. The quantitative estimate of drug-likeness (QED) is 0.514. The number of hydrogen-bond donors (Lipinski definition) is 0. The summed E-state index contributed by atoms with van der Waals surface area (Å²) in [7, 11) is 0. The average molecular weight is 374 g/mol. The van der Waals surface area contributed by atoms with E-state index in [4.69, 9.17) is 4.74 Å². The number of rotatable bonds is 3. The second kappa shape index (κ2) is 6.49. The molecular weight excluding hydrogens is 352 g/mol. The summed E-state index contributed by atoms with van der Waals surface area (Å²) >= 11 is 0. The topological polar surface area (TPSA) is 51.2 Å². The van der Waals surface area contributed by atoms with Gasteiger partial charge in [-0.3, -0.25) is 9.20 Å². The second-order valence-electron chi connectivity index (χ2n) is 7.31. The molecule has 0 aromatic carbocycles. The van der Waals surface area contributed by atoms with E-state index in [1.54, 1.807) is 6.92 Å². The predicted molar refractivity (Wildman–Crippen MR) is 109 cm³/mol. The summed E-state index contributed by atoms with van der Waals surface area (Å²) < 4.78 is 9.56. The first-order chi connectivity index (χ1) is 13.6. The molecule has 0 unspecified atom stereocenters. The highest BCUT2D eigenvalue weighted by atomic mass is 16.5.